The molecule has 0 amide bonds. The highest BCUT2D eigenvalue weighted by Gasteiger charge is 2.28. The summed E-state index contributed by atoms with van der Waals surface area (Å²) in [6.45, 7) is 14.0. The number of hydrogen-bond acceptors (Lipinski definition) is 6. The van der Waals surface area contributed by atoms with E-state index in [1.54, 1.807) is 0 Å². The number of anilines is 1. The zero-order valence-electron chi connectivity index (χ0n) is 20.5. The van der Waals surface area contributed by atoms with Gasteiger partial charge in [-0.2, -0.15) is 0 Å². The SMILES string of the molecule is CCC(C)N(Cc1c(-c2ccccc2)noc1N1CCCCC1)CC(O)COC(C)(C)C. The molecule has 1 aromatic heterocycles. The Morgan fingerprint density at radius 3 is 2.47 bits per heavy atom. The van der Waals surface area contributed by atoms with Crippen LogP contribution in [0.4, 0.5) is 5.88 Å². The van der Waals surface area contributed by atoms with Crippen LogP contribution in [0.15, 0.2) is 34.9 Å². The van der Waals surface area contributed by atoms with Gasteiger partial charge in [0, 0.05) is 37.8 Å². The monoisotopic (exact) mass is 443 g/mol. The van der Waals surface area contributed by atoms with Gasteiger partial charge in [-0.3, -0.25) is 4.90 Å². The zero-order chi connectivity index (χ0) is 23.1. The van der Waals surface area contributed by atoms with Gasteiger partial charge in [0.2, 0.25) is 5.88 Å². The van der Waals surface area contributed by atoms with E-state index in [9.17, 15) is 5.11 Å². The van der Waals surface area contributed by atoms with E-state index >= 15 is 0 Å². The molecule has 2 atom stereocenters. The Labute approximate surface area is 193 Å². The largest absolute Gasteiger partial charge is 0.389 e. The fourth-order valence-electron chi connectivity index (χ4n) is 4.14. The van der Waals surface area contributed by atoms with Crippen molar-refractivity contribution < 1.29 is 14.4 Å². The van der Waals surface area contributed by atoms with Gasteiger partial charge in [0.15, 0.2) is 0 Å². The van der Waals surface area contributed by atoms with Crippen LogP contribution in [0.25, 0.3) is 11.3 Å². The predicted molar refractivity (Wildman–Crippen MR) is 130 cm³/mol. The molecule has 1 aliphatic rings. The smallest absolute Gasteiger partial charge is 0.232 e. The van der Waals surface area contributed by atoms with Gasteiger partial charge in [-0.25, -0.2) is 0 Å². The van der Waals surface area contributed by atoms with Crippen LogP contribution in [0.1, 0.15) is 65.9 Å². The highest BCUT2D eigenvalue weighted by molar-refractivity contribution is 5.68. The van der Waals surface area contributed by atoms with Gasteiger partial charge in [0.05, 0.1) is 23.9 Å². The molecule has 3 rings (SSSR count). The molecule has 178 valence electrons. The minimum absolute atomic E-state index is 0.265. The molecule has 6 heteroatoms. The number of benzene rings is 1. The first-order valence-electron chi connectivity index (χ1n) is 12.1. The molecular weight excluding hydrogens is 402 g/mol. The van der Waals surface area contributed by atoms with Crippen molar-refractivity contribution in [1.82, 2.24) is 10.1 Å². The lowest BCUT2D eigenvalue weighted by atomic mass is 10.0. The molecule has 1 aromatic carbocycles. The summed E-state index contributed by atoms with van der Waals surface area (Å²) in [6.07, 6.45) is 4.07. The zero-order valence-corrected chi connectivity index (χ0v) is 20.5. The third-order valence-corrected chi connectivity index (χ3v) is 6.19. The van der Waals surface area contributed by atoms with Crippen molar-refractivity contribution in [3.8, 4) is 11.3 Å². The number of piperidine rings is 1. The lowest BCUT2D eigenvalue weighted by Crippen LogP contribution is -2.41. The number of hydrogen-bond donors (Lipinski definition) is 1. The molecule has 2 aromatic rings. The fourth-order valence-corrected chi connectivity index (χ4v) is 4.14. The summed E-state index contributed by atoms with van der Waals surface area (Å²) in [5, 5.41) is 15.3. The van der Waals surface area contributed by atoms with Crippen LogP contribution in [0, 0.1) is 0 Å². The van der Waals surface area contributed by atoms with E-state index in [2.05, 4.69) is 40.9 Å². The quantitative estimate of drug-likeness (QED) is 0.551. The van der Waals surface area contributed by atoms with E-state index in [1.807, 2.05) is 39.0 Å². The maximum absolute atomic E-state index is 10.7. The van der Waals surface area contributed by atoms with E-state index in [0.717, 1.165) is 42.2 Å². The molecule has 2 heterocycles. The highest BCUT2D eigenvalue weighted by Crippen LogP contribution is 2.34. The lowest BCUT2D eigenvalue weighted by molar-refractivity contribution is -0.0593. The van der Waals surface area contributed by atoms with Gasteiger partial charge >= 0.3 is 0 Å². The topological polar surface area (TPSA) is 62.0 Å². The average Bonchev–Trinajstić information content (AvgIpc) is 3.21. The number of aliphatic hydroxyl groups is 1. The Morgan fingerprint density at radius 2 is 1.84 bits per heavy atom. The molecule has 6 nitrogen and oxygen atoms in total. The number of aromatic nitrogens is 1. The predicted octanol–water partition coefficient (Wildman–Crippen LogP) is 5.11. The van der Waals surface area contributed by atoms with Gasteiger partial charge in [0.25, 0.3) is 0 Å². The summed E-state index contributed by atoms with van der Waals surface area (Å²) in [5.74, 6) is 0.886. The van der Waals surface area contributed by atoms with Gasteiger partial charge in [0.1, 0.15) is 5.69 Å². The molecule has 32 heavy (non-hydrogen) atoms. The second kappa shape index (κ2) is 11.3. The fraction of sp³-hybridized carbons (Fsp3) is 0.654. The van der Waals surface area contributed by atoms with Crippen molar-refractivity contribution in [2.45, 2.75) is 84.6 Å². The summed E-state index contributed by atoms with van der Waals surface area (Å²) in [6, 6.07) is 10.6. The van der Waals surface area contributed by atoms with Gasteiger partial charge in [-0.05, 0) is 53.4 Å². The first-order valence-corrected chi connectivity index (χ1v) is 12.1. The average molecular weight is 444 g/mol. The Morgan fingerprint density at radius 1 is 1.16 bits per heavy atom. The van der Waals surface area contributed by atoms with E-state index in [0.29, 0.717) is 25.7 Å². The molecule has 1 fully saturated rings. The van der Waals surface area contributed by atoms with Crippen LogP contribution in [0.3, 0.4) is 0 Å². The van der Waals surface area contributed by atoms with Gasteiger partial charge in [-0.15, -0.1) is 0 Å². The molecule has 1 aliphatic heterocycles. The Bertz CT molecular complexity index is 809. The first-order chi connectivity index (χ1) is 15.3. The van der Waals surface area contributed by atoms with Crippen LogP contribution in [-0.4, -0.2) is 59.2 Å². The molecule has 1 N–H and O–H groups in total. The third kappa shape index (κ3) is 6.80. The van der Waals surface area contributed by atoms with Crippen molar-refractivity contribution in [1.29, 1.82) is 0 Å². The van der Waals surface area contributed by atoms with E-state index < -0.39 is 6.10 Å². The van der Waals surface area contributed by atoms with Crippen LogP contribution in [0.2, 0.25) is 0 Å². The van der Waals surface area contributed by atoms with Crippen molar-refractivity contribution in [2.24, 2.45) is 0 Å². The molecule has 1 saturated heterocycles. The Balaban J connectivity index is 1.87. The normalized spacial score (nSPS) is 17.0. The minimum Gasteiger partial charge on any atom is -0.389 e. The van der Waals surface area contributed by atoms with Crippen LogP contribution >= 0.6 is 0 Å². The number of rotatable bonds is 10. The summed E-state index contributed by atoms with van der Waals surface area (Å²) in [5.41, 5.74) is 2.82. The van der Waals surface area contributed by atoms with Crippen LogP contribution in [0.5, 0.6) is 0 Å². The minimum atomic E-state index is -0.554. The number of aliphatic hydroxyl groups excluding tert-OH is 1. The second-order valence-electron chi connectivity index (χ2n) is 9.99. The lowest BCUT2D eigenvalue weighted by Gasteiger charge is -2.32. The molecule has 0 radical (unpaired) electrons. The van der Waals surface area contributed by atoms with Crippen molar-refractivity contribution in [2.75, 3.05) is 31.1 Å². The summed E-state index contributed by atoms with van der Waals surface area (Å²) < 4.78 is 11.8. The maximum Gasteiger partial charge on any atom is 0.232 e. The summed E-state index contributed by atoms with van der Waals surface area (Å²) >= 11 is 0. The molecule has 0 bridgehead atoms. The van der Waals surface area contributed by atoms with E-state index in [4.69, 9.17) is 9.26 Å². The highest BCUT2D eigenvalue weighted by atomic mass is 16.5. The molecule has 2 unspecified atom stereocenters. The van der Waals surface area contributed by atoms with Gasteiger partial charge in [-0.1, -0.05) is 42.4 Å². The van der Waals surface area contributed by atoms with Gasteiger partial charge < -0.3 is 19.3 Å². The number of nitrogens with zero attached hydrogens (tertiary/aromatic N) is 3. The summed E-state index contributed by atoms with van der Waals surface area (Å²) in [7, 11) is 0. The molecular formula is C26H41N3O3. The maximum atomic E-state index is 10.7. The summed E-state index contributed by atoms with van der Waals surface area (Å²) in [4.78, 5) is 4.68. The van der Waals surface area contributed by atoms with Crippen molar-refractivity contribution in [3.05, 3.63) is 35.9 Å². The van der Waals surface area contributed by atoms with Crippen molar-refractivity contribution in [3.63, 3.8) is 0 Å². The molecule has 0 spiro atoms. The van der Waals surface area contributed by atoms with E-state index in [1.165, 1.54) is 19.3 Å². The van der Waals surface area contributed by atoms with E-state index in [-0.39, 0.29) is 5.60 Å². The van der Waals surface area contributed by atoms with Crippen LogP contribution < -0.4 is 4.90 Å². The van der Waals surface area contributed by atoms with Crippen LogP contribution in [-0.2, 0) is 11.3 Å². The number of ether oxygens (including phenoxy) is 1. The molecule has 0 aliphatic carbocycles. The Hall–Kier alpha value is -1.89. The molecule has 0 saturated carbocycles. The standard InChI is InChI=1S/C26H41N3O3/c1-6-20(2)29(17-22(30)19-31-26(3,4)5)18-23-24(21-13-9-7-10-14-21)27-32-25(23)28-15-11-8-12-16-28/h7,9-10,13-14,20,22,30H,6,8,11-12,15-19H2,1-5H3. The Kier molecular flexibility index (Phi) is 8.74. The van der Waals surface area contributed by atoms with Crippen molar-refractivity contribution >= 4 is 5.88 Å². The first kappa shape index (κ1) is 24.7. The second-order valence-corrected chi connectivity index (χ2v) is 9.99. The third-order valence-electron chi connectivity index (χ3n) is 6.19.